The third-order valence-corrected chi connectivity index (χ3v) is 2.88. The summed E-state index contributed by atoms with van der Waals surface area (Å²) in [6, 6.07) is 6.50. The number of benzene rings is 1. The lowest BCUT2D eigenvalue weighted by Crippen LogP contribution is -2.35. The van der Waals surface area contributed by atoms with Gasteiger partial charge in [0, 0.05) is 17.3 Å². The van der Waals surface area contributed by atoms with E-state index in [1.54, 1.807) is 24.3 Å². The normalized spacial score (nSPS) is 12.1. The van der Waals surface area contributed by atoms with Gasteiger partial charge in [-0.1, -0.05) is 27.2 Å². The van der Waals surface area contributed by atoms with Gasteiger partial charge in [-0.15, -0.1) is 0 Å². The first-order valence-electron chi connectivity index (χ1n) is 6.91. The minimum atomic E-state index is -0.486. The Morgan fingerprint density at radius 2 is 1.50 bits per heavy atom. The van der Waals surface area contributed by atoms with Crippen LogP contribution in [0, 0.1) is 5.92 Å². The van der Waals surface area contributed by atoms with Gasteiger partial charge in [-0.2, -0.15) is 0 Å². The summed E-state index contributed by atoms with van der Waals surface area (Å²) in [6.45, 7) is 5.65. The summed E-state index contributed by atoms with van der Waals surface area (Å²) in [5, 5.41) is 5.54. The number of carbonyl (C=O) groups is 2. The first-order valence-corrected chi connectivity index (χ1v) is 6.91. The molecule has 20 heavy (non-hydrogen) atoms. The van der Waals surface area contributed by atoms with Crippen molar-refractivity contribution in [1.82, 2.24) is 0 Å². The van der Waals surface area contributed by atoms with Crippen LogP contribution in [0.3, 0.4) is 0 Å². The van der Waals surface area contributed by atoms with Crippen molar-refractivity contribution in [3.8, 4) is 0 Å². The number of hydrogen-bond acceptors (Lipinski definition) is 3. The molecule has 0 spiro atoms. The maximum Gasteiger partial charge on any atom is 0.241 e. The summed E-state index contributed by atoms with van der Waals surface area (Å²) in [7, 11) is 0. The van der Waals surface area contributed by atoms with Gasteiger partial charge in [-0.25, -0.2) is 0 Å². The Morgan fingerprint density at radius 3 is 1.90 bits per heavy atom. The van der Waals surface area contributed by atoms with Crippen LogP contribution in [0.4, 0.5) is 11.4 Å². The smallest absolute Gasteiger partial charge is 0.241 e. The quantitative estimate of drug-likeness (QED) is 0.746. The van der Waals surface area contributed by atoms with Crippen molar-refractivity contribution in [2.45, 2.75) is 39.7 Å². The van der Waals surface area contributed by atoms with Crippen LogP contribution < -0.4 is 16.4 Å². The van der Waals surface area contributed by atoms with Gasteiger partial charge in [0.2, 0.25) is 11.8 Å². The fourth-order valence-electron chi connectivity index (χ4n) is 1.60. The first-order chi connectivity index (χ1) is 9.43. The first kappa shape index (κ1) is 16.2. The van der Waals surface area contributed by atoms with Gasteiger partial charge in [0.05, 0.1) is 6.04 Å². The average Bonchev–Trinajstić information content (AvgIpc) is 2.41. The van der Waals surface area contributed by atoms with E-state index in [1.165, 1.54) is 0 Å². The zero-order valence-electron chi connectivity index (χ0n) is 12.3. The van der Waals surface area contributed by atoms with Gasteiger partial charge in [0.1, 0.15) is 0 Å². The highest BCUT2D eigenvalue weighted by Crippen LogP contribution is 2.14. The molecule has 0 saturated carbocycles. The van der Waals surface area contributed by atoms with Gasteiger partial charge in [0.15, 0.2) is 0 Å². The van der Waals surface area contributed by atoms with Crippen LogP contribution in [0.5, 0.6) is 0 Å². The fourth-order valence-corrected chi connectivity index (χ4v) is 1.60. The van der Waals surface area contributed by atoms with Crippen LogP contribution in [0.15, 0.2) is 24.3 Å². The zero-order valence-corrected chi connectivity index (χ0v) is 12.3. The molecule has 4 N–H and O–H groups in total. The molecule has 5 heteroatoms. The van der Waals surface area contributed by atoms with E-state index in [4.69, 9.17) is 5.73 Å². The summed E-state index contributed by atoms with van der Waals surface area (Å²) in [5.41, 5.74) is 7.11. The summed E-state index contributed by atoms with van der Waals surface area (Å²) >= 11 is 0. The lowest BCUT2D eigenvalue weighted by molar-refractivity contribution is -0.119. The van der Waals surface area contributed by atoms with E-state index in [0.717, 1.165) is 6.42 Å². The molecule has 0 heterocycles. The highest BCUT2D eigenvalue weighted by atomic mass is 16.2. The Bertz CT molecular complexity index is 455. The van der Waals surface area contributed by atoms with Crippen LogP contribution in [-0.4, -0.2) is 17.9 Å². The molecule has 5 nitrogen and oxygen atoms in total. The van der Waals surface area contributed by atoms with E-state index in [9.17, 15) is 9.59 Å². The molecular weight excluding hydrogens is 254 g/mol. The van der Waals surface area contributed by atoms with Crippen molar-refractivity contribution in [3.63, 3.8) is 0 Å². The zero-order chi connectivity index (χ0) is 15.1. The molecule has 0 aromatic heterocycles. The third-order valence-electron chi connectivity index (χ3n) is 2.88. The highest BCUT2D eigenvalue weighted by molar-refractivity contribution is 5.95. The van der Waals surface area contributed by atoms with Crippen LogP contribution in [-0.2, 0) is 9.59 Å². The van der Waals surface area contributed by atoms with Crippen molar-refractivity contribution in [1.29, 1.82) is 0 Å². The monoisotopic (exact) mass is 277 g/mol. The van der Waals surface area contributed by atoms with Gasteiger partial charge < -0.3 is 16.4 Å². The number of hydrogen-bond donors (Lipinski definition) is 3. The SMILES string of the molecule is CCCC(N)C(=O)Nc1ccc(NC(=O)C(C)C)cc1. The Balaban J connectivity index is 2.58. The molecule has 0 bridgehead atoms. The van der Waals surface area contributed by atoms with E-state index in [-0.39, 0.29) is 17.7 Å². The minimum Gasteiger partial charge on any atom is -0.326 e. The molecule has 0 aliphatic rings. The number of nitrogens with one attached hydrogen (secondary N) is 2. The Labute approximate surface area is 119 Å². The van der Waals surface area contributed by atoms with E-state index in [2.05, 4.69) is 10.6 Å². The summed E-state index contributed by atoms with van der Waals surface area (Å²) in [4.78, 5) is 23.3. The number of rotatable bonds is 6. The number of carbonyl (C=O) groups excluding carboxylic acids is 2. The number of anilines is 2. The molecule has 0 radical (unpaired) electrons. The predicted molar refractivity (Wildman–Crippen MR) is 81.4 cm³/mol. The Morgan fingerprint density at radius 1 is 1.05 bits per heavy atom. The summed E-state index contributed by atoms with van der Waals surface area (Å²) in [6.07, 6.45) is 1.53. The minimum absolute atomic E-state index is 0.0354. The number of nitrogens with two attached hydrogens (primary N) is 1. The molecule has 1 unspecified atom stereocenters. The molecule has 1 aromatic carbocycles. The Kier molecular flexibility index (Phi) is 6.18. The van der Waals surface area contributed by atoms with Gasteiger partial charge in [-0.05, 0) is 30.7 Å². The second-order valence-electron chi connectivity index (χ2n) is 5.11. The van der Waals surface area contributed by atoms with Crippen LogP contribution >= 0.6 is 0 Å². The Hall–Kier alpha value is -1.88. The van der Waals surface area contributed by atoms with Crippen LogP contribution in [0.25, 0.3) is 0 Å². The number of amides is 2. The molecule has 0 fully saturated rings. The molecule has 110 valence electrons. The van der Waals surface area contributed by atoms with Crippen LogP contribution in [0.2, 0.25) is 0 Å². The average molecular weight is 277 g/mol. The van der Waals surface area contributed by atoms with E-state index in [1.807, 2.05) is 20.8 Å². The molecule has 0 saturated heterocycles. The standard InChI is InChI=1S/C15H23N3O2/c1-4-5-13(16)15(20)18-12-8-6-11(7-9-12)17-14(19)10(2)3/h6-10,13H,4-5,16H2,1-3H3,(H,17,19)(H,18,20). The van der Waals surface area contributed by atoms with Crippen molar-refractivity contribution >= 4 is 23.2 Å². The second kappa shape index (κ2) is 7.65. The maximum absolute atomic E-state index is 11.7. The van der Waals surface area contributed by atoms with Gasteiger partial charge in [-0.3, -0.25) is 9.59 Å². The molecule has 1 aromatic rings. The van der Waals surface area contributed by atoms with Gasteiger partial charge >= 0.3 is 0 Å². The van der Waals surface area contributed by atoms with E-state index in [0.29, 0.717) is 17.8 Å². The van der Waals surface area contributed by atoms with E-state index >= 15 is 0 Å². The lowest BCUT2D eigenvalue weighted by Gasteiger charge is -2.12. The van der Waals surface area contributed by atoms with Crippen molar-refractivity contribution in [2.24, 2.45) is 11.7 Å². The molecular formula is C15H23N3O2. The van der Waals surface area contributed by atoms with Crippen molar-refractivity contribution in [2.75, 3.05) is 10.6 Å². The highest BCUT2D eigenvalue weighted by Gasteiger charge is 2.12. The molecule has 0 aliphatic carbocycles. The van der Waals surface area contributed by atoms with E-state index < -0.39 is 6.04 Å². The van der Waals surface area contributed by atoms with Crippen LogP contribution in [0.1, 0.15) is 33.6 Å². The molecule has 0 aliphatic heterocycles. The summed E-state index contributed by atoms with van der Waals surface area (Å²) < 4.78 is 0. The van der Waals surface area contributed by atoms with Crippen molar-refractivity contribution in [3.05, 3.63) is 24.3 Å². The van der Waals surface area contributed by atoms with Gasteiger partial charge in [0.25, 0.3) is 0 Å². The molecule has 1 rings (SSSR count). The predicted octanol–water partition coefficient (Wildman–Crippen LogP) is 2.35. The second-order valence-corrected chi connectivity index (χ2v) is 5.11. The maximum atomic E-state index is 11.7. The van der Waals surface area contributed by atoms with Crippen molar-refractivity contribution < 1.29 is 9.59 Å². The summed E-state index contributed by atoms with van der Waals surface area (Å²) in [5.74, 6) is -0.293. The molecule has 2 amide bonds. The fraction of sp³-hybridized carbons (Fsp3) is 0.467. The largest absolute Gasteiger partial charge is 0.326 e. The lowest BCUT2D eigenvalue weighted by atomic mass is 10.1. The molecule has 1 atom stereocenters. The third kappa shape index (κ3) is 5.01. The topological polar surface area (TPSA) is 84.2 Å².